The first-order valence-corrected chi connectivity index (χ1v) is 7.39. The third-order valence-corrected chi connectivity index (χ3v) is 4.28. The van der Waals surface area contributed by atoms with Crippen molar-refractivity contribution in [1.29, 1.82) is 0 Å². The molecule has 3 rings (SSSR count). The predicted octanol–water partition coefficient (Wildman–Crippen LogP) is 4.29. The summed E-state index contributed by atoms with van der Waals surface area (Å²) in [5.41, 5.74) is 3.14. The van der Waals surface area contributed by atoms with E-state index < -0.39 is 0 Å². The number of aromatic hydroxyl groups is 1. The van der Waals surface area contributed by atoms with E-state index in [-0.39, 0.29) is 17.6 Å². The van der Waals surface area contributed by atoms with Crippen LogP contribution in [0.5, 0.6) is 5.75 Å². The van der Waals surface area contributed by atoms with Crippen molar-refractivity contribution in [2.75, 3.05) is 11.4 Å². The Hall–Kier alpha value is -2.03. The molecule has 0 saturated carbocycles. The molecule has 1 heterocycles. The maximum absolute atomic E-state index is 13.5. The molecule has 1 aliphatic rings. The number of hydrogen-bond acceptors (Lipinski definition) is 2. The van der Waals surface area contributed by atoms with Gasteiger partial charge in [0.1, 0.15) is 11.6 Å². The lowest BCUT2D eigenvalue weighted by Crippen LogP contribution is -2.36. The zero-order valence-corrected chi connectivity index (χ0v) is 12.4. The number of nitrogens with zero attached hydrogens (tertiary/aromatic N) is 1. The van der Waals surface area contributed by atoms with Gasteiger partial charge in [0.15, 0.2) is 0 Å². The van der Waals surface area contributed by atoms with E-state index in [1.54, 1.807) is 0 Å². The van der Waals surface area contributed by atoms with Gasteiger partial charge in [0.05, 0.1) is 6.04 Å². The van der Waals surface area contributed by atoms with Crippen LogP contribution < -0.4 is 4.90 Å². The molecule has 110 valence electrons. The molecule has 1 N–H and O–H groups in total. The Morgan fingerprint density at radius 1 is 1.24 bits per heavy atom. The zero-order valence-electron chi connectivity index (χ0n) is 12.4. The van der Waals surface area contributed by atoms with Gasteiger partial charge in [0.2, 0.25) is 0 Å². The quantitative estimate of drug-likeness (QED) is 0.889. The second-order valence-electron chi connectivity index (χ2n) is 5.97. The molecule has 0 amide bonds. The van der Waals surface area contributed by atoms with Crippen molar-refractivity contribution in [3.63, 3.8) is 0 Å². The largest absolute Gasteiger partial charge is 0.508 e. The van der Waals surface area contributed by atoms with Gasteiger partial charge in [0, 0.05) is 17.8 Å². The molecule has 2 atom stereocenters. The SMILES string of the molecule is CC1Cc2ccccc2N(C(C)c2cc(F)ccc2O)C1. The Bertz CT molecular complexity index is 655. The number of anilines is 1. The van der Waals surface area contributed by atoms with Gasteiger partial charge in [0.25, 0.3) is 0 Å². The Balaban J connectivity index is 2.01. The van der Waals surface area contributed by atoms with E-state index in [4.69, 9.17) is 0 Å². The van der Waals surface area contributed by atoms with Crippen molar-refractivity contribution in [3.05, 3.63) is 59.4 Å². The Kier molecular flexibility index (Phi) is 3.58. The van der Waals surface area contributed by atoms with E-state index in [1.807, 2.05) is 13.0 Å². The van der Waals surface area contributed by atoms with Crippen molar-refractivity contribution >= 4 is 5.69 Å². The zero-order chi connectivity index (χ0) is 15.0. The number of halogens is 1. The Morgan fingerprint density at radius 3 is 2.81 bits per heavy atom. The summed E-state index contributed by atoms with van der Waals surface area (Å²) < 4.78 is 13.5. The molecule has 0 bridgehead atoms. The van der Waals surface area contributed by atoms with Crippen molar-refractivity contribution in [2.45, 2.75) is 26.3 Å². The molecule has 1 aliphatic heterocycles. The van der Waals surface area contributed by atoms with Gasteiger partial charge in [-0.2, -0.15) is 0 Å². The van der Waals surface area contributed by atoms with Gasteiger partial charge in [-0.3, -0.25) is 0 Å². The fourth-order valence-corrected chi connectivity index (χ4v) is 3.23. The smallest absolute Gasteiger partial charge is 0.123 e. The minimum atomic E-state index is -0.312. The highest BCUT2D eigenvalue weighted by Gasteiger charge is 2.27. The van der Waals surface area contributed by atoms with Crippen LogP contribution in [0.1, 0.15) is 31.0 Å². The molecule has 2 unspecified atom stereocenters. The molecule has 0 saturated heterocycles. The fraction of sp³-hybridized carbons (Fsp3) is 0.333. The maximum atomic E-state index is 13.5. The van der Waals surface area contributed by atoms with Crippen LogP contribution in [-0.2, 0) is 6.42 Å². The Labute approximate surface area is 124 Å². The highest BCUT2D eigenvalue weighted by molar-refractivity contribution is 5.58. The van der Waals surface area contributed by atoms with Crippen LogP contribution in [0.2, 0.25) is 0 Å². The first-order chi connectivity index (χ1) is 10.1. The van der Waals surface area contributed by atoms with E-state index in [2.05, 4.69) is 30.0 Å². The number of phenols is 1. The first kappa shape index (κ1) is 13.9. The highest BCUT2D eigenvalue weighted by atomic mass is 19.1. The Morgan fingerprint density at radius 2 is 2.00 bits per heavy atom. The molecule has 0 spiro atoms. The molecule has 2 nitrogen and oxygen atoms in total. The van der Waals surface area contributed by atoms with E-state index >= 15 is 0 Å². The molecule has 21 heavy (non-hydrogen) atoms. The average molecular weight is 285 g/mol. The number of para-hydroxylation sites is 1. The van der Waals surface area contributed by atoms with Crippen LogP contribution in [0.25, 0.3) is 0 Å². The molecule has 2 aromatic carbocycles. The van der Waals surface area contributed by atoms with Crippen molar-refractivity contribution in [1.82, 2.24) is 0 Å². The normalized spacial score (nSPS) is 19.2. The predicted molar refractivity (Wildman–Crippen MR) is 83.1 cm³/mol. The third kappa shape index (κ3) is 2.60. The topological polar surface area (TPSA) is 23.5 Å². The summed E-state index contributed by atoms with van der Waals surface area (Å²) in [6.45, 7) is 5.15. The summed E-state index contributed by atoms with van der Waals surface area (Å²) in [7, 11) is 0. The monoisotopic (exact) mass is 285 g/mol. The second-order valence-corrected chi connectivity index (χ2v) is 5.97. The van der Waals surface area contributed by atoms with Crippen molar-refractivity contribution < 1.29 is 9.50 Å². The molecular formula is C18H20FNO. The number of fused-ring (bicyclic) bond motifs is 1. The van der Waals surface area contributed by atoms with Crippen LogP contribution >= 0.6 is 0 Å². The standard InChI is InChI=1S/C18H20FNO/c1-12-9-14-5-3-4-6-17(14)20(11-12)13(2)16-10-15(19)7-8-18(16)21/h3-8,10,12-13,21H,9,11H2,1-2H3. The van der Waals surface area contributed by atoms with Gasteiger partial charge in [-0.25, -0.2) is 4.39 Å². The fourth-order valence-electron chi connectivity index (χ4n) is 3.23. The molecule has 0 aliphatic carbocycles. The lowest BCUT2D eigenvalue weighted by Gasteiger charge is -2.39. The van der Waals surface area contributed by atoms with Crippen LogP contribution in [0.4, 0.5) is 10.1 Å². The summed E-state index contributed by atoms with van der Waals surface area (Å²) in [6, 6.07) is 12.4. The van der Waals surface area contributed by atoms with Crippen molar-refractivity contribution in [3.8, 4) is 5.75 Å². The number of rotatable bonds is 2. The summed E-state index contributed by atoms with van der Waals surface area (Å²) in [4.78, 5) is 2.26. The third-order valence-electron chi connectivity index (χ3n) is 4.28. The number of benzene rings is 2. The van der Waals surface area contributed by atoms with Crippen molar-refractivity contribution in [2.24, 2.45) is 5.92 Å². The molecule has 0 aromatic heterocycles. The van der Waals surface area contributed by atoms with Gasteiger partial charge in [-0.15, -0.1) is 0 Å². The van der Waals surface area contributed by atoms with Crippen LogP contribution in [-0.4, -0.2) is 11.7 Å². The minimum Gasteiger partial charge on any atom is -0.508 e. The highest BCUT2D eigenvalue weighted by Crippen LogP contribution is 2.38. The molecule has 0 fully saturated rings. The molecular weight excluding hydrogens is 265 g/mol. The van der Waals surface area contributed by atoms with E-state index in [0.29, 0.717) is 11.5 Å². The number of phenolic OH excluding ortho intramolecular Hbond substituents is 1. The molecule has 3 heteroatoms. The summed E-state index contributed by atoms with van der Waals surface area (Å²) >= 11 is 0. The first-order valence-electron chi connectivity index (χ1n) is 7.39. The minimum absolute atomic E-state index is 0.0652. The summed E-state index contributed by atoms with van der Waals surface area (Å²) in [6.07, 6.45) is 1.06. The van der Waals surface area contributed by atoms with Crippen LogP contribution in [0, 0.1) is 11.7 Å². The lowest BCUT2D eigenvalue weighted by molar-refractivity contribution is 0.447. The lowest BCUT2D eigenvalue weighted by atomic mass is 9.91. The van der Waals surface area contributed by atoms with Gasteiger partial charge < -0.3 is 10.0 Å². The maximum Gasteiger partial charge on any atom is 0.123 e. The number of hydrogen-bond donors (Lipinski definition) is 1. The van der Waals surface area contributed by atoms with Crippen LogP contribution in [0.3, 0.4) is 0 Å². The summed E-state index contributed by atoms with van der Waals surface area (Å²) in [5, 5.41) is 10.1. The van der Waals surface area contributed by atoms with Crippen LogP contribution in [0.15, 0.2) is 42.5 Å². The van der Waals surface area contributed by atoms with Gasteiger partial charge >= 0.3 is 0 Å². The summed E-state index contributed by atoms with van der Waals surface area (Å²) in [5.74, 6) is 0.380. The van der Waals surface area contributed by atoms with E-state index in [0.717, 1.165) is 13.0 Å². The van der Waals surface area contributed by atoms with Gasteiger partial charge in [-0.05, 0) is 49.1 Å². The molecule has 0 radical (unpaired) electrons. The molecule has 2 aromatic rings. The van der Waals surface area contributed by atoms with Gasteiger partial charge in [-0.1, -0.05) is 25.1 Å². The van der Waals surface area contributed by atoms with E-state index in [1.165, 1.54) is 29.4 Å². The van der Waals surface area contributed by atoms with E-state index in [9.17, 15) is 9.50 Å². The average Bonchev–Trinajstić information content (AvgIpc) is 2.48. The second kappa shape index (κ2) is 5.40.